The van der Waals surface area contributed by atoms with Crippen LogP contribution in [0.3, 0.4) is 0 Å². The van der Waals surface area contributed by atoms with E-state index in [0.717, 1.165) is 0 Å². The van der Waals surface area contributed by atoms with Crippen molar-refractivity contribution in [3.63, 3.8) is 0 Å². The number of rotatable bonds is 1. The molecule has 0 bridgehead atoms. The predicted molar refractivity (Wildman–Crippen MR) is 46.6 cm³/mol. The fourth-order valence-corrected chi connectivity index (χ4v) is 1.51. The summed E-state index contributed by atoms with van der Waals surface area (Å²) in [6.07, 6.45) is -4.07. The molecule has 13 heavy (non-hydrogen) atoms. The molecule has 1 aliphatic rings. The van der Waals surface area contributed by atoms with E-state index < -0.39 is 36.5 Å². The Morgan fingerprint density at radius 2 is 1.92 bits per heavy atom. The lowest BCUT2D eigenvalue weighted by atomic mass is 9.97. The van der Waals surface area contributed by atoms with E-state index in [1.165, 1.54) is 0 Å². The third-order valence-corrected chi connectivity index (χ3v) is 2.80. The minimum Gasteiger partial charge on any atom is -0.393 e. The number of aliphatic hydroxyl groups is 4. The molecule has 0 aromatic carbocycles. The average Bonchev–Trinajstić information content (AvgIpc) is 2.12. The van der Waals surface area contributed by atoms with Crippen LogP contribution in [0, 0.1) is 0 Å². The first-order valence-electron chi connectivity index (χ1n) is 3.79. The van der Waals surface area contributed by atoms with Crippen LogP contribution in [0.4, 0.5) is 0 Å². The molecular formula is C6H14NO5P. The van der Waals surface area contributed by atoms with Gasteiger partial charge in [0.2, 0.25) is 0 Å². The zero-order valence-electron chi connectivity index (χ0n) is 6.87. The highest BCUT2D eigenvalue weighted by molar-refractivity contribution is 7.18. The summed E-state index contributed by atoms with van der Waals surface area (Å²) in [6.45, 7) is -0.542. The van der Waals surface area contributed by atoms with Gasteiger partial charge in [0.15, 0.2) is 6.29 Å². The van der Waals surface area contributed by atoms with E-state index in [9.17, 15) is 15.3 Å². The van der Waals surface area contributed by atoms with Gasteiger partial charge in [0.25, 0.3) is 0 Å². The van der Waals surface area contributed by atoms with E-state index in [1.807, 2.05) is 9.24 Å². The Hall–Kier alpha value is 0.190. The summed E-state index contributed by atoms with van der Waals surface area (Å²) in [4.78, 5) is 0. The summed E-state index contributed by atoms with van der Waals surface area (Å²) in [5, 5.41) is 35.4. The molecule has 1 rings (SSSR count). The maximum atomic E-state index is 9.44. The Labute approximate surface area is 77.5 Å². The first-order chi connectivity index (χ1) is 5.92. The smallest absolute Gasteiger partial charge is 0.173 e. The summed E-state index contributed by atoms with van der Waals surface area (Å²) in [5.74, 6) is 0. The molecular weight excluding hydrogens is 197 g/mol. The number of hydrogen-bond acceptors (Lipinski definition) is 6. The minimum absolute atomic E-state index is 0.542. The molecule has 6 N–H and O–H groups in total. The number of hydrogen-bond donors (Lipinski definition) is 5. The summed E-state index contributed by atoms with van der Waals surface area (Å²) in [7, 11) is 2.05. The first-order valence-corrected chi connectivity index (χ1v) is 4.37. The van der Waals surface area contributed by atoms with Gasteiger partial charge in [0, 0.05) is 0 Å². The molecule has 0 saturated carbocycles. The molecule has 1 unspecified atom stereocenters. The summed E-state index contributed by atoms with van der Waals surface area (Å²) in [5.41, 5.74) is 5.31. The molecule has 0 aromatic rings. The number of aliphatic hydroxyl groups excluding tert-OH is 4. The molecule has 1 aliphatic heterocycles. The van der Waals surface area contributed by atoms with Crippen LogP contribution < -0.4 is 5.73 Å². The standard InChI is InChI=1S/C6H14NO5P/c7-2-3(9)4(10)6(13,1-8)12-5(2)11/h2-5,8-11H,1,7,13H2/t2-,3-,4+,5-,6-/m1/s1. The van der Waals surface area contributed by atoms with Gasteiger partial charge in [-0.3, -0.25) is 0 Å². The highest BCUT2D eigenvalue weighted by Crippen LogP contribution is 2.33. The van der Waals surface area contributed by atoms with Crippen molar-refractivity contribution in [2.45, 2.75) is 29.9 Å². The molecule has 0 aliphatic carbocycles. The highest BCUT2D eigenvalue weighted by Gasteiger charge is 2.49. The van der Waals surface area contributed by atoms with Gasteiger partial charge in [-0.2, -0.15) is 0 Å². The molecule has 1 heterocycles. The lowest BCUT2D eigenvalue weighted by molar-refractivity contribution is -0.263. The van der Waals surface area contributed by atoms with Gasteiger partial charge in [0.1, 0.15) is 17.6 Å². The normalized spacial score (nSPS) is 52.2. The molecule has 7 heteroatoms. The topological polar surface area (TPSA) is 116 Å². The Morgan fingerprint density at radius 1 is 1.38 bits per heavy atom. The van der Waals surface area contributed by atoms with Crippen LogP contribution in [0.1, 0.15) is 0 Å². The monoisotopic (exact) mass is 211 g/mol. The van der Waals surface area contributed by atoms with Crippen molar-refractivity contribution in [1.82, 2.24) is 0 Å². The van der Waals surface area contributed by atoms with E-state index in [4.69, 9.17) is 15.6 Å². The summed E-state index contributed by atoms with van der Waals surface area (Å²) >= 11 is 0. The van der Waals surface area contributed by atoms with E-state index in [0.29, 0.717) is 0 Å². The van der Waals surface area contributed by atoms with Gasteiger partial charge in [-0.1, -0.05) is 9.24 Å². The van der Waals surface area contributed by atoms with Crippen molar-refractivity contribution in [3.8, 4) is 0 Å². The fraction of sp³-hybridized carbons (Fsp3) is 1.00. The van der Waals surface area contributed by atoms with Crippen molar-refractivity contribution in [2.24, 2.45) is 5.73 Å². The van der Waals surface area contributed by atoms with Crippen LogP contribution in [-0.2, 0) is 4.74 Å². The fourth-order valence-electron chi connectivity index (χ4n) is 1.17. The second-order valence-corrected chi connectivity index (χ2v) is 4.11. The molecule has 0 spiro atoms. The van der Waals surface area contributed by atoms with E-state index in [-0.39, 0.29) is 0 Å². The van der Waals surface area contributed by atoms with Crippen molar-refractivity contribution >= 4 is 9.24 Å². The Bertz CT molecular complexity index is 194. The van der Waals surface area contributed by atoms with E-state index in [1.54, 1.807) is 0 Å². The van der Waals surface area contributed by atoms with Crippen molar-refractivity contribution < 1.29 is 25.2 Å². The van der Waals surface area contributed by atoms with Crippen molar-refractivity contribution in [2.75, 3.05) is 6.61 Å². The second kappa shape index (κ2) is 3.74. The van der Waals surface area contributed by atoms with Gasteiger partial charge in [-0.25, -0.2) is 0 Å². The SMILES string of the molecule is N[C@@H]1[C@@H](O)[C@H](O)[C@](P)(CO)O[C@H]1O. The second-order valence-electron chi connectivity index (χ2n) is 3.13. The lowest BCUT2D eigenvalue weighted by Gasteiger charge is -2.44. The lowest BCUT2D eigenvalue weighted by Crippen LogP contribution is -2.65. The molecule has 1 saturated heterocycles. The molecule has 0 radical (unpaired) electrons. The summed E-state index contributed by atoms with van der Waals surface area (Å²) < 4.78 is 4.85. The van der Waals surface area contributed by atoms with Crippen LogP contribution in [0.5, 0.6) is 0 Å². The van der Waals surface area contributed by atoms with Crippen LogP contribution in [0.25, 0.3) is 0 Å². The quantitative estimate of drug-likeness (QED) is 0.294. The third-order valence-electron chi connectivity index (χ3n) is 2.14. The molecule has 0 aromatic heterocycles. The highest BCUT2D eigenvalue weighted by atomic mass is 31.0. The van der Waals surface area contributed by atoms with Crippen LogP contribution >= 0.6 is 9.24 Å². The van der Waals surface area contributed by atoms with E-state index >= 15 is 0 Å². The minimum atomic E-state index is -1.45. The third kappa shape index (κ3) is 1.85. The first kappa shape index (κ1) is 11.3. The zero-order chi connectivity index (χ0) is 10.2. The molecule has 0 amide bonds. The van der Waals surface area contributed by atoms with Gasteiger partial charge in [-0.15, -0.1) is 0 Å². The average molecular weight is 211 g/mol. The van der Waals surface area contributed by atoms with Gasteiger partial charge < -0.3 is 30.9 Å². The molecule has 1 fully saturated rings. The predicted octanol–water partition coefficient (Wildman–Crippen LogP) is -3.05. The van der Waals surface area contributed by atoms with Gasteiger partial charge >= 0.3 is 0 Å². The number of nitrogens with two attached hydrogens (primary N) is 1. The Morgan fingerprint density at radius 3 is 2.38 bits per heavy atom. The summed E-state index contributed by atoms with van der Waals surface area (Å²) in [6, 6.07) is -1.07. The maximum Gasteiger partial charge on any atom is 0.173 e. The van der Waals surface area contributed by atoms with Crippen molar-refractivity contribution in [3.05, 3.63) is 0 Å². The zero-order valence-corrected chi connectivity index (χ0v) is 8.02. The van der Waals surface area contributed by atoms with Gasteiger partial charge in [0.05, 0.1) is 12.6 Å². The molecule has 6 atom stereocenters. The van der Waals surface area contributed by atoms with E-state index in [2.05, 4.69) is 0 Å². The molecule has 6 nitrogen and oxygen atoms in total. The number of ether oxygens (including phenoxy) is 1. The Kier molecular flexibility index (Phi) is 3.24. The van der Waals surface area contributed by atoms with Crippen LogP contribution in [0.15, 0.2) is 0 Å². The largest absolute Gasteiger partial charge is 0.393 e. The Balaban J connectivity index is 2.82. The van der Waals surface area contributed by atoms with Gasteiger partial charge in [-0.05, 0) is 0 Å². The van der Waals surface area contributed by atoms with Crippen LogP contribution in [-0.4, -0.2) is 56.9 Å². The van der Waals surface area contributed by atoms with Crippen LogP contribution in [0.2, 0.25) is 0 Å². The van der Waals surface area contributed by atoms with Crippen molar-refractivity contribution in [1.29, 1.82) is 0 Å². The maximum absolute atomic E-state index is 9.44. The molecule has 78 valence electrons.